The second-order valence-corrected chi connectivity index (χ2v) is 8.92. The van der Waals surface area contributed by atoms with E-state index in [9.17, 15) is 14.4 Å². The van der Waals surface area contributed by atoms with Gasteiger partial charge in [0.05, 0.1) is 24.9 Å². The SMILES string of the molecule is COC(=O)c1ccc(-c2nc(CN3C(=O)NC4(CCc5ccccc5C4)C3=O)cs2)cc1. The number of nitrogens with zero attached hydrogens (tertiary/aromatic N) is 2. The molecule has 8 heteroatoms. The van der Waals surface area contributed by atoms with Gasteiger partial charge in [-0.25, -0.2) is 14.6 Å². The number of hydrogen-bond acceptors (Lipinski definition) is 6. The van der Waals surface area contributed by atoms with Gasteiger partial charge in [0.1, 0.15) is 10.5 Å². The number of benzene rings is 2. The molecule has 1 atom stereocenters. The highest BCUT2D eigenvalue weighted by molar-refractivity contribution is 7.13. The van der Waals surface area contributed by atoms with E-state index in [1.54, 1.807) is 24.3 Å². The summed E-state index contributed by atoms with van der Waals surface area (Å²) in [6.45, 7) is 0.130. The molecule has 0 radical (unpaired) electrons. The standard InChI is InChI=1S/C24H21N3O4S/c1-31-21(28)17-8-6-16(7-9-17)20-25-19(14-32-20)13-27-22(29)24(26-23(27)30)11-10-15-4-2-3-5-18(15)12-24/h2-9,14H,10-13H2,1H3,(H,26,30). The smallest absolute Gasteiger partial charge is 0.337 e. The van der Waals surface area contributed by atoms with E-state index < -0.39 is 11.5 Å². The number of urea groups is 1. The molecule has 32 heavy (non-hydrogen) atoms. The summed E-state index contributed by atoms with van der Waals surface area (Å²) in [5, 5.41) is 5.57. The number of ether oxygens (including phenoxy) is 1. The zero-order chi connectivity index (χ0) is 22.3. The Kier molecular flexibility index (Phi) is 5.01. The maximum atomic E-state index is 13.3. The molecule has 1 saturated heterocycles. The van der Waals surface area contributed by atoms with Crippen molar-refractivity contribution < 1.29 is 19.1 Å². The Bertz CT molecular complexity index is 1220. The number of hydrogen-bond donors (Lipinski definition) is 1. The minimum absolute atomic E-state index is 0.130. The Hall–Kier alpha value is -3.52. The molecule has 0 saturated carbocycles. The van der Waals surface area contributed by atoms with Gasteiger partial charge >= 0.3 is 12.0 Å². The van der Waals surface area contributed by atoms with Crippen LogP contribution in [0.4, 0.5) is 4.79 Å². The van der Waals surface area contributed by atoms with Crippen molar-refractivity contribution >= 4 is 29.2 Å². The zero-order valence-corrected chi connectivity index (χ0v) is 18.3. The Morgan fingerprint density at radius 2 is 1.91 bits per heavy atom. The third-order valence-electron chi connectivity index (χ3n) is 6.10. The first-order valence-corrected chi connectivity index (χ1v) is 11.2. The van der Waals surface area contributed by atoms with Crippen LogP contribution in [0.3, 0.4) is 0 Å². The minimum Gasteiger partial charge on any atom is -0.465 e. The second-order valence-electron chi connectivity index (χ2n) is 8.06. The summed E-state index contributed by atoms with van der Waals surface area (Å²) in [7, 11) is 1.34. The van der Waals surface area contributed by atoms with Crippen molar-refractivity contribution in [3.05, 3.63) is 76.3 Å². The molecule has 1 aliphatic carbocycles. The first-order chi connectivity index (χ1) is 15.5. The number of nitrogens with one attached hydrogen (secondary N) is 1. The Labute approximate surface area is 189 Å². The monoisotopic (exact) mass is 447 g/mol. The predicted molar refractivity (Wildman–Crippen MR) is 119 cm³/mol. The lowest BCUT2D eigenvalue weighted by Crippen LogP contribution is -2.51. The van der Waals surface area contributed by atoms with Crippen molar-refractivity contribution in [2.24, 2.45) is 0 Å². The number of esters is 1. The van der Waals surface area contributed by atoms with E-state index in [1.165, 1.54) is 28.9 Å². The van der Waals surface area contributed by atoms with Gasteiger partial charge in [-0.3, -0.25) is 9.69 Å². The molecule has 162 valence electrons. The number of aromatic nitrogens is 1. The quantitative estimate of drug-likeness (QED) is 0.488. The van der Waals surface area contributed by atoms with Crippen LogP contribution in [0.1, 0.15) is 33.6 Å². The Balaban J connectivity index is 1.32. The Morgan fingerprint density at radius 3 is 2.66 bits per heavy atom. The molecular weight excluding hydrogens is 426 g/mol. The molecule has 2 aliphatic rings. The van der Waals surface area contributed by atoms with Gasteiger partial charge in [-0.1, -0.05) is 36.4 Å². The summed E-state index contributed by atoms with van der Waals surface area (Å²) in [4.78, 5) is 43.5. The summed E-state index contributed by atoms with van der Waals surface area (Å²) >= 11 is 1.43. The second kappa shape index (κ2) is 7.87. The van der Waals surface area contributed by atoms with Gasteiger partial charge in [-0.15, -0.1) is 11.3 Å². The lowest BCUT2D eigenvalue weighted by Gasteiger charge is -2.32. The van der Waals surface area contributed by atoms with Crippen LogP contribution in [-0.2, 0) is 28.9 Å². The molecule has 2 heterocycles. The summed E-state index contributed by atoms with van der Waals surface area (Å²) in [6, 6.07) is 14.7. The first-order valence-electron chi connectivity index (χ1n) is 10.3. The van der Waals surface area contributed by atoms with Gasteiger partial charge in [0.25, 0.3) is 5.91 Å². The summed E-state index contributed by atoms with van der Waals surface area (Å²) < 4.78 is 4.72. The molecule has 1 aliphatic heterocycles. The lowest BCUT2D eigenvalue weighted by molar-refractivity contribution is -0.132. The molecule has 2 aromatic carbocycles. The van der Waals surface area contributed by atoms with E-state index >= 15 is 0 Å². The van der Waals surface area contributed by atoms with Crippen LogP contribution >= 0.6 is 11.3 Å². The van der Waals surface area contributed by atoms with E-state index in [2.05, 4.69) is 16.4 Å². The van der Waals surface area contributed by atoms with Crippen LogP contribution in [0, 0.1) is 0 Å². The van der Waals surface area contributed by atoms with Crippen LogP contribution in [0.25, 0.3) is 10.6 Å². The number of carbonyl (C=O) groups excluding carboxylic acids is 3. The number of thiazole rings is 1. The van der Waals surface area contributed by atoms with Crippen LogP contribution in [0.2, 0.25) is 0 Å². The maximum Gasteiger partial charge on any atom is 0.337 e. The van der Waals surface area contributed by atoms with Crippen LogP contribution in [0.15, 0.2) is 53.9 Å². The Morgan fingerprint density at radius 1 is 1.16 bits per heavy atom. The molecule has 3 amide bonds. The van der Waals surface area contributed by atoms with Gasteiger partial charge in [-0.05, 0) is 36.1 Å². The number of methoxy groups -OCH3 is 1. The van der Waals surface area contributed by atoms with Gasteiger partial charge in [-0.2, -0.15) is 0 Å². The molecule has 1 fully saturated rings. The molecular formula is C24H21N3O4S. The fourth-order valence-electron chi connectivity index (χ4n) is 4.39. The molecule has 7 nitrogen and oxygen atoms in total. The summed E-state index contributed by atoms with van der Waals surface area (Å²) in [5.74, 6) is -0.580. The van der Waals surface area contributed by atoms with E-state index in [0.29, 0.717) is 24.1 Å². The van der Waals surface area contributed by atoms with Gasteiger partial charge in [0, 0.05) is 17.4 Å². The van der Waals surface area contributed by atoms with Crippen LogP contribution in [-0.4, -0.2) is 40.4 Å². The number of amides is 3. The number of rotatable bonds is 4. The highest BCUT2D eigenvalue weighted by atomic mass is 32.1. The number of carbonyl (C=O) groups is 3. The fourth-order valence-corrected chi connectivity index (χ4v) is 5.20. The lowest BCUT2D eigenvalue weighted by atomic mass is 9.78. The molecule has 1 N–H and O–H groups in total. The van der Waals surface area contributed by atoms with Crippen molar-refractivity contribution in [1.82, 2.24) is 15.2 Å². The molecule has 5 rings (SSSR count). The molecule has 0 bridgehead atoms. The molecule has 1 unspecified atom stereocenters. The molecule has 1 aromatic heterocycles. The largest absolute Gasteiger partial charge is 0.465 e. The van der Waals surface area contributed by atoms with Crippen LogP contribution < -0.4 is 5.32 Å². The minimum atomic E-state index is -0.867. The summed E-state index contributed by atoms with van der Waals surface area (Å²) in [5.41, 5.74) is 3.45. The van der Waals surface area contributed by atoms with E-state index in [1.807, 2.05) is 23.6 Å². The molecule has 1 spiro atoms. The topological polar surface area (TPSA) is 88.6 Å². The first kappa shape index (κ1) is 20.4. The van der Waals surface area contributed by atoms with Crippen molar-refractivity contribution in [2.75, 3.05) is 7.11 Å². The van der Waals surface area contributed by atoms with Gasteiger partial charge < -0.3 is 10.1 Å². The average Bonchev–Trinajstić information content (AvgIpc) is 3.38. The highest BCUT2D eigenvalue weighted by Gasteiger charge is 2.52. The fraction of sp³-hybridized carbons (Fsp3) is 0.250. The van der Waals surface area contributed by atoms with Gasteiger partial charge in [0.15, 0.2) is 0 Å². The van der Waals surface area contributed by atoms with Crippen LogP contribution in [0.5, 0.6) is 0 Å². The average molecular weight is 448 g/mol. The van der Waals surface area contributed by atoms with E-state index in [0.717, 1.165) is 22.6 Å². The third kappa shape index (κ3) is 3.46. The zero-order valence-electron chi connectivity index (χ0n) is 17.5. The predicted octanol–water partition coefficient (Wildman–Crippen LogP) is 3.58. The number of imide groups is 1. The van der Waals surface area contributed by atoms with Crippen molar-refractivity contribution in [3.8, 4) is 10.6 Å². The van der Waals surface area contributed by atoms with Crippen molar-refractivity contribution in [1.29, 1.82) is 0 Å². The normalized spacial score (nSPS) is 19.7. The van der Waals surface area contributed by atoms with Crippen molar-refractivity contribution in [2.45, 2.75) is 31.3 Å². The molecule has 3 aromatic rings. The van der Waals surface area contributed by atoms with Gasteiger partial charge in [0.2, 0.25) is 0 Å². The van der Waals surface area contributed by atoms with E-state index in [4.69, 9.17) is 4.74 Å². The maximum absolute atomic E-state index is 13.3. The number of fused-ring (bicyclic) bond motifs is 1. The van der Waals surface area contributed by atoms with Crippen molar-refractivity contribution in [3.63, 3.8) is 0 Å². The highest BCUT2D eigenvalue weighted by Crippen LogP contribution is 2.34. The third-order valence-corrected chi connectivity index (χ3v) is 7.04. The summed E-state index contributed by atoms with van der Waals surface area (Å²) in [6.07, 6.45) is 1.87. The number of aryl methyl sites for hydroxylation is 1. The van der Waals surface area contributed by atoms with E-state index in [-0.39, 0.29) is 18.5 Å².